The molecule has 0 N–H and O–H groups in total. The van der Waals surface area contributed by atoms with Crippen LogP contribution < -0.4 is 15.9 Å². The molecule has 3 rings (SSSR count). The zero-order valence-electron chi connectivity index (χ0n) is 11.6. The van der Waals surface area contributed by atoms with Gasteiger partial charge in [-0.15, -0.1) is 0 Å². The van der Waals surface area contributed by atoms with Crippen molar-refractivity contribution in [2.24, 2.45) is 0 Å². The molecule has 3 aromatic carbocycles. The van der Waals surface area contributed by atoms with Crippen LogP contribution in [0, 0.1) is 0 Å². The summed E-state index contributed by atoms with van der Waals surface area (Å²) in [6.07, 6.45) is 0. The summed E-state index contributed by atoms with van der Waals surface area (Å²) in [6, 6.07) is 32.8. The first-order valence-corrected chi connectivity index (χ1v) is 12.1. The van der Waals surface area contributed by atoms with Crippen molar-refractivity contribution in [3.63, 3.8) is 0 Å². The van der Waals surface area contributed by atoms with E-state index in [0.717, 1.165) is 16.2 Å². The van der Waals surface area contributed by atoms with Crippen LogP contribution in [-0.2, 0) is 0 Å². The van der Waals surface area contributed by atoms with Crippen molar-refractivity contribution in [2.75, 3.05) is 0 Å². The van der Waals surface area contributed by atoms with Crippen LogP contribution in [-0.4, -0.2) is 0 Å². The van der Waals surface area contributed by atoms with Gasteiger partial charge in [0.1, 0.15) is 0 Å². The Balaban J connectivity index is 1.83. The van der Waals surface area contributed by atoms with Crippen LogP contribution in [0.3, 0.4) is 0 Å². The van der Waals surface area contributed by atoms with Gasteiger partial charge in [0.25, 0.3) is 0 Å². The molecule has 0 amide bonds. The van der Waals surface area contributed by atoms with Gasteiger partial charge in [-0.25, -0.2) is 0 Å². The summed E-state index contributed by atoms with van der Waals surface area (Å²) >= 11 is 0. The molecule has 0 aliphatic heterocycles. The lowest BCUT2D eigenvalue weighted by Crippen LogP contribution is -2.07. The number of hydrogen-bond donors (Lipinski definition) is 0. The van der Waals surface area contributed by atoms with Crippen LogP contribution in [0.4, 0.5) is 0 Å². The largest absolute Gasteiger partial charge is 0.0629 e. The van der Waals surface area contributed by atoms with Crippen LogP contribution in [0.1, 0.15) is 0 Å². The first-order chi connectivity index (χ1) is 10.4. The zero-order valence-corrected chi connectivity index (χ0v) is 14.5. The molecule has 0 spiro atoms. The van der Waals surface area contributed by atoms with Crippen LogP contribution in [0.5, 0.6) is 0 Å². The van der Waals surface area contributed by atoms with E-state index in [-0.39, 0.29) is 7.61 Å². The highest BCUT2D eigenvalue weighted by molar-refractivity contribution is 8.53. The van der Waals surface area contributed by atoms with Crippen molar-refractivity contribution in [3.8, 4) is 0 Å². The SMILES string of the molecule is c1ccc(PPP(c2ccccc2)c2ccccc2)cc1. The molecular formula is C18H17P3. The maximum Gasteiger partial charge on any atom is -0.0152 e. The molecular weight excluding hydrogens is 309 g/mol. The Bertz CT molecular complexity index is 614. The predicted molar refractivity (Wildman–Crippen MR) is 102 cm³/mol. The average Bonchev–Trinajstić information content (AvgIpc) is 2.58. The van der Waals surface area contributed by atoms with Crippen LogP contribution in [0.2, 0.25) is 0 Å². The second kappa shape index (κ2) is 7.82. The molecule has 3 aromatic rings. The molecule has 0 aromatic heterocycles. The Morgan fingerprint density at radius 2 is 0.952 bits per heavy atom. The molecule has 0 nitrogen and oxygen atoms in total. The van der Waals surface area contributed by atoms with Gasteiger partial charge in [0, 0.05) is 0 Å². The highest BCUT2D eigenvalue weighted by Crippen LogP contribution is 2.63. The molecule has 2 atom stereocenters. The minimum absolute atomic E-state index is 0.234. The Morgan fingerprint density at radius 3 is 1.43 bits per heavy atom. The zero-order chi connectivity index (χ0) is 14.3. The van der Waals surface area contributed by atoms with E-state index in [1.807, 2.05) is 0 Å². The van der Waals surface area contributed by atoms with Crippen molar-refractivity contribution >= 4 is 39.8 Å². The monoisotopic (exact) mass is 326 g/mol. The Morgan fingerprint density at radius 1 is 0.524 bits per heavy atom. The first kappa shape index (κ1) is 14.9. The second-order valence-corrected chi connectivity index (χ2v) is 12.1. The standard InChI is InChI=1S/C18H17P3/c1-4-10-16(11-5-1)19-20-21(17-12-6-2-7-13-17)18-14-8-3-9-15-18/h1-15,19-20H. The summed E-state index contributed by atoms with van der Waals surface area (Å²) < 4.78 is 0. The molecule has 3 heteroatoms. The van der Waals surface area contributed by atoms with E-state index in [9.17, 15) is 0 Å². The molecule has 0 radical (unpaired) electrons. The smallest absolute Gasteiger partial charge is 0.0152 e. The summed E-state index contributed by atoms with van der Waals surface area (Å²) in [7, 11) is 1.61. The van der Waals surface area contributed by atoms with Gasteiger partial charge in [0.05, 0.1) is 0 Å². The van der Waals surface area contributed by atoms with E-state index in [2.05, 4.69) is 91.0 Å². The Kier molecular flexibility index (Phi) is 5.53. The van der Waals surface area contributed by atoms with Crippen molar-refractivity contribution in [1.82, 2.24) is 0 Å². The third-order valence-electron chi connectivity index (χ3n) is 3.11. The number of benzene rings is 3. The van der Waals surface area contributed by atoms with Gasteiger partial charge in [0.15, 0.2) is 0 Å². The lowest BCUT2D eigenvalue weighted by atomic mass is 10.4. The van der Waals surface area contributed by atoms with Gasteiger partial charge < -0.3 is 0 Å². The Hall–Kier alpha value is -1.05. The molecule has 104 valence electrons. The summed E-state index contributed by atoms with van der Waals surface area (Å²) in [6.45, 7) is 0. The van der Waals surface area contributed by atoms with Crippen LogP contribution >= 0.6 is 23.8 Å². The van der Waals surface area contributed by atoms with Crippen LogP contribution in [0.15, 0.2) is 91.0 Å². The van der Waals surface area contributed by atoms with Gasteiger partial charge >= 0.3 is 0 Å². The van der Waals surface area contributed by atoms with Crippen molar-refractivity contribution < 1.29 is 0 Å². The molecule has 2 unspecified atom stereocenters. The van der Waals surface area contributed by atoms with E-state index in [1.165, 1.54) is 15.9 Å². The second-order valence-electron chi connectivity index (χ2n) is 4.61. The topological polar surface area (TPSA) is 0 Å². The summed E-state index contributed by atoms with van der Waals surface area (Å²) in [5.74, 6) is 0. The minimum Gasteiger partial charge on any atom is -0.0629 e. The van der Waals surface area contributed by atoms with E-state index < -0.39 is 0 Å². The lowest BCUT2D eigenvalue weighted by molar-refractivity contribution is 1.76. The van der Waals surface area contributed by atoms with Gasteiger partial charge in [-0.05, 0) is 23.5 Å². The summed E-state index contributed by atoms with van der Waals surface area (Å²) in [5.41, 5.74) is 0. The third-order valence-corrected chi connectivity index (χ3v) is 12.1. The fourth-order valence-corrected chi connectivity index (χ4v) is 11.6. The predicted octanol–water partition coefficient (Wildman–Crippen LogP) is 4.63. The molecule has 0 aliphatic rings. The van der Waals surface area contributed by atoms with Gasteiger partial charge in [-0.2, -0.15) is 0 Å². The maximum atomic E-state index is 2.28. The average molecular weight is 326 g/mol. The quantitative estimate of drug-likeness (QED) is 0.600. The fraction of sp³-hybridized carbons (Fsp3) is 0. The van der Waals surface area contributed by atoms with E-state index >= 15 is 0 Å². The number of rotatable bonds is 5. The highest BCUT2D eigenvalue weighted by atomic mass is 32.4. The van der Waals surface area contributed by atoms with Crippen molar-refractivity contribution in [1.29, 1.82) is 0 Å². The normalized spacial score (nSPS) is 11.9. The van der Waals surface area contributed by atoms with Crippen molar-refractivity contribution in [2.45, 2.75) is 0 Å². The van der Waals surface area contributed by atoms with Gasteiger partial charge in [0.2, 0.25) is 0 Å². The lowest BCUT2D eigenvalue weighted by Gasteiger charge is -2.18. The van der Waals surface area contributed by atoms with Crippen LogP contribution in [0.25, 0.3) is 0 Å². The van der Waals surface area contributed by atoms with E-state index in [4.69, 9.17) is 0 Å². The molecule has 0 saturated heterocycles. The molecule has 0 heterocycles. The third kappa shape index (κ3) is 4.21. The Labute approximate surface area is 131 Å². The van der Waals surface area contributed by atoms with E-state index in [1.54, 1.807) is 0 Å². The summed E-state index contributed by atoms with van der Waals surface area (Å²) in [5, 5.41) is 4.44. The minimum atomic E-state index is -0.234. The fourth-order valence-electron chi connectivity index (χ4n) is 2.07. The van der Waals surface area contributed by atoms with E-state index in [0.29, 0.717) is 0 Å². The molecule has 0 aliphatic carbocycles. The molecule has 21 heavy (non-hydrogen) atoms. The van der Waals surface area contributed by atoms with Crippen molar-refractivity contribution in [3.05, 3.63) is 91.0 Å². The highest BCUT2D eigenvalue weighted by Gasteiger charge is 2.13. The van der Waals surface area contributed by atoms with Gasteiger partial charge in [-0.1, -0.05) is 107 Å². The molecule has 0 fully saturated rings. The number of hydrogen-bond acceptors (Lipinski definition) is 0. The summed E-state index contributed by atoms with van der Waals surface area (Å²) in [4.78, 5) is 0. The first-order valence-electron chi connectivity index (χ1n) is 6.90. The molecule has 0 bridgehead atoms. The van der Waals surface area contributed by atoms with Gasteiger partial charge in [-0.3, -0.25) is 0 Å². The molecule has 0 saturated carbocycles. The maximum absolute atomic E-state index is 2.28.